The van der Waals surface area contributed by atoms with Crippen LogP contribution >= 0.6 is 11.6 Å². The molecule has 0 radical (unpaired) electrons. The van der Waals surface area contributed by atoms with Gasteiger partial charge in [0.1, 0.15) is 0 Å². The lowest BCUT2D eigenvalue weighted by atomic mass is 10.1. The number of benzene rings is 1. The van der Waals surface area contributed by atoms with Crippen LogP contribution in [0.2, 0.25) is 5.02 Å². The molecule has 2 fully saturated rings. The van der Waals surface area contributed by atoms with Gasteiger partial charge in [0.2, 0.25) is 5.95 Å². The first-order valence-electron chi connectivity index (χ1n) is 10.6. The zero-order valence-corrected chi connectivity index (χ0v) is 18.6. The van der Waals surface area contributed by atoms with Crippen molar-refractivity contribution in [2.75, 3.05) is 44.2 Å². The van der Waals surface area contributed by atoms with E-state index in [-0.39, 0.29) is 19.2 Å². The van der Waals surface area contributed by atoms with Gasteiger partial charge in [-0.05, 0) is 23.8 Å². The third-order valence-corrected chi connectivity index (χ3v) is 6.28. The molecule has 2 aromatic rings. The van der Waals surface area contributed by atoms with Crippen LogP contribution in [-0.2, 0) is 18.9 Å². The Morgan fingerprint density at radius 1 is 0.882 bits per heavy atom. The SMILES string of the molecule is O[C@@H]1CN(c2nc(C(F)(F)F)cc(C(F)(F)F)n2)C[C@H]1N1CCN(Cc2ccc(Cl)cc2)CC1. The smallest absolute Gasteiger partial charge is 0.390 e. The van der Waals surface area contributed by atoms with Crippen LogP contribution < -0.4 is 4.90 Å². The van der Waals surface area contributed by atoms with Gasteiger partial charge in [-0.25, -0.2) is 9.97 Å². The molecule has 3 heterocycles. The Labute approximate surface area is 196 Å². The monoisotopic (exact) mass is 509 g/mol. The Morgan fingerprint density at radius 2 is 1.44 bits per heavy atom. The lowest BCUT2D eigenvalue weighted by molar-refractivity contribution is -0.147. The fourth-order valence-corrected chi connectivity index (χ4v) is 4.39. The normalized spacial score (nSPS) is 23.0. The molecule has 0 amide bonds. The van der Waals surface area contributed by atoms with Crippen molar-refractivity contribution in [2.24, 2.45) is 0 Å². The summed E-state index contributed by atoms with van der Waals surface area (Å²) in [5, 5.41) is 11.2. The zero-order valence-electron chi connectivity index (χ0n) is 17.8. The largest absolute Gasteiger partial charge is 0.433 e. The number of halogens is 7. The molecular formula is C21H22ClF6N5O. The van der Waals surface area contributed by atoms with Crippen molar-refractivity contribution < 1.29 is 31.4 Å². The molecule has 1 aromatic heterocycles. The molecular weight excluding hydrogens is 488 g/mol. The van der Waals surface area contributed by atoms with Gasteiger partial charge in [0.15, 0.2) is 11.4 Å². The maximum Gasteiger partial charge on any atom is 0.433 e. The Hall–Kier alpha value is -2.15. The van der Waals surface area contributed by atoms with E-state index < -0.39 is 41.8 Å². The number of hydrogen-bond donors (Lipinski definition) is 1. The Morgan fingerprint density at radius 3 is 1.97 bits per heavy atom. The van der Waals surface area contributed by atoms with Crippen molar-refractivity contribution >= 4 is 17.5 Å². The van der Waals surface area contributed by atoms with Gasteiger partial charge in [-0.15, -0.1) is 0 Å². The van der Waals surface area contributed by atoms with Crippen molar-refractivity contribution in [3.8, 4) is 0 Å². The summed E-state index contributed by atoms with van der Waals surface area (Å²) in [5.41, 5.74) is -2.23. The van der Waals surface area contributed by atoms with E-state index >= 15 is 0 Å². The fourth-order valence-electron chi connectivity index (χ4n) is 4.26. The number of aliphatic hydroxyl groups is 1. The first-order chi connectivity index (χ1) is 15.9. The fraction of sp³-hybridized carbons (Fsp3) is 0.524. The van der Waals surface area contributed by atoms with Gasteiger partial charge in [0, 0.05) is 50.8 Å². The number of rotatable bonds is 4. The Kier molecular flexibility index (Phi) is 6.96. The molecule has 13 heteroatoms. The molecule has 0 aliphatic carbocycles. The highest BCUT2D eigenvalue weighted by atomic mass is 35.5. The number of aromatic nitrogens is 2. The van der Waals surface area contributed by atoms with E-state index in [1.54, 1.807) is 0 Å². The van der Waals surface area contributed by atoms with Crippen LogP contribution in [-0.4, -0.2) is 76.3 Å². The van der Waals surface area contributed by atoms with E-state index in [0.29, 0.717) is 31.2 Å². The van der Waals surface area contributed by atoms with Crippen molar-refractivity contribution in [3.05, 3.63) is 52.3 Å². The average molecular weight is 510 g/mol. The molecule has 0 saturated carbocycles. The third kappa shape index (κ3) is 5.73. The molecule has 2 aliphatic rings. The minimum atomic E-state index is -5.06. The topological polar surface area (TPSA) is 55.7 Å². The van der Waals surface area contributed by atoms with Gasteiger partial charge in [-0.3, -0.25) is 9.80 Å². The van der Waals surface area contributed by atoms with E-state index in [1.165, 1.54) is 4.90 Å². The second-order valence-electron chi connectivity index (χ2n) is 8.41. The molecule has 6 nitrogen and oxygen atoms in total. The van der Waals surface area contributed by atoms with Crippen LogP contribution in [0.25, 0.3) is 0 Å². The molecule has 0 spiro atoms. The number of aliphatic hydroxyl groups excluding tert-OH is 1. The van der Waals surface area contributed by atoms with Crippen LogP contribution in [0.1, 0.15) is 17.0 Å². The maximum absolute atomic E-state index is 13.1. The second-order valence-corrected chi connectivity index (χ2v) is 8.85. The van der Waals surface area contributed by atoms with E-state index in [9.17, 15) is 31.4 Å². The summed E-state index contributed by atoms with van der Waals surface area (Å²) in [6, 6.07) is 6.96. The number of alkyl halides is 6. The lowest BCUT2D eigenvalue weighted by Crippen LogP contribution is -2.53. The van der Waals surface area contributed by atoms with E-state index in [0.717, 1.165) is 12.1 Å². The predicted molar refractivity (Wildman–Crippen MR) is 112 cm³/mol. The summed E-state index contributed by atoms with van der Waals surface area (Å²) in [4.78, 5) is 12.1. The molecule has 1 aromatic carbocycles. The number of nitrogens with zero attached hydrogens (tertiary/aromatic N) is 5. The molecule has 0 unspecified atom stereocenters. The summed E-state index contributed by atoms with van der Waals surface area (Å²) in [6.45, 7) is 3.18. The van der Waals surface area contributed by atoms with E-state index in [2.05, 4.69) is 14.9 Å². The standard InChI is InChI=1S/C21H22ClF6N5O/c22-14-3-1-13(2-4-14)10-31-5-7-32(8-6-31)15-11-33(12-16(15)34)19-29-17(20(23,24)25)9-18(30-19)21(26,27)28/h1-4,9,15-16,34H,5-8,10-12H2/t15-,16-/m1/s1. The van der Waals surface area contributed by atoms with Crippen molar-refractivity contribution in [1.29, 1.82) is 0 Å². The number of β-amino-alcohol motifs (C(OH)–C–C–N with tert-alkyl or cyclic N) is 1. The van der Waals surface area contributed by atoms with Crippen molar-refractivity contribution in [3.63, 3.8) is 0 Å². The van der Waals surface area contributed by atoms with Crippen LogP contribution in [0, 0.1) is 0 Å². The highest BCUT2D eigenvalue weighted by Crippen LogP contribution is 2.35. The van der Waals surface area contributed by atoms with Crippen molar-refractivity contribution in [2.45, 2.75) is 31.0 Å². The van der Waals surface area contributed by atoms with Gasteiger partial charge < -0.3 is 10.0 Å². The summed E-state index contributed by atoms with van der Waals surface area (Å²) in [7, 11) is 0. The first kappa shape index (κ1) is 25.0. The number of anilines is 1. The first-order valence-corrected chi connectivity index (χ1v) is 11.0. The summed E-state index contributed by atoms with van der Waals surface area (Å²) in [5.74, 6) is -0.690. The lowest BCUT2D eigenvalue weighted by Gasteiger charge is -2.38. The van der Waals surface area contributed by atoms with Crippen molar-refractivity contribution in [1.82, 2.24) is 19.8 Å². The Bertz CT molecular complexity index is 962. The third-order valence-electron chi connectivity index (χ3n) is 6.03. The van der Waals surface area contributed by atoms with Gasteiger partial charge >= 0.3 is 12.4 Å². The van der Waals surface area contributed by atoms with E-state index in [4.69, 9.17) is 11.6 Å². The minimum Gasteiger partial charge on any atom is -0.390 e. The van der Waals surface area contributed by atoms with Crippen LogP contribution in [0.15, 0.2) is 30.3 Å². The molecule has 1 N–H and O–H groups in total. The highest BCUT2D eigenvalue weighted by molar-refractivity contribution is 6.30. The predicted octanol–water partition coefficient (Wildman–Crippen LogP) is 3.53. The Balaban J connectivity index is 1.42. The summed E-state index contributed by atoms with van der Waals surface area (Å²) < 4.78 is 78.8. The van der Waals surface area contributed by atoms with Crippen LogP contribution in [0.3, 0.4) is 0 Å². The van der Waals surface area contributed by atoms with Gasteiger partial charge in [-0.2, -0.15) is 26.3 Å². The van der Waals surface area contributed by atoms with Gasteiger partial charge in [-0.1, -0.05) is 23.7 Å². The number of piperazine rings is 1. The average Bonchev–Trinajstić information content (AvgIpc) is 3.16. The van der Waals surface area contributed by atoms with Crippen LogP contribution in [0.4, 0.5) is 32.3 Å². The highest BCUT2D eigenvalue weighted by Gasteiger charge is 2.42. The number of hydrogen-bond acceptors (Lipinski definition) is 6. The van der Waals surface area contributed by atoms with Crippen LogP contribution in [0.5, 0.6) is 0 Å². The molecule has 4 rings (SSSR count). The summed E-state index contributed by atoms with van der Waals surface area (Å²) >= 11 is 5.91. The quantitative estimate of drug-likeness (QED) is 0.637. The molecule has 34 heavy (non-hydrogen) atoms. The van der Waals surface area contributed by atoms with Gasteiger partial charge in [0.25, 0.3) is 0 Å². The summed E-state index contributed by atoms with van der Waals surface area (Å²) in [6.07, 6.45) is -11.1. The second kappa shape index (κ2) is 9.48. The molecule has 2 aliphatic heterocycles. The zero-order chi connectivity index (χ0) is 24.7. The molecule has 0 bridgehead atoms. The van der Waals surface area contributed by atoms with E-state index in [1.807, 2.05) is 29.2 Å². The minimum absolute atomic E-state index is 0.0248. The maximum atomic E-state index is 13.1. The molecule has 186 valence electrons. The van der Waals surface area contributed by atoms with Gasteiger partial charge in [0.05, 0.1) is 12.1 Å². The molecule has 2 atom stereocenters. The molecule has 2 saturated heterocycles.